The van der Waals surface area contributed by atoms with E-state index in [1.165, 1.54) is 0 Å². The van der Waals surface area contributed by atoms with E-state index < -0.39 is 0 Å². The first-order chi connectivity index (χ1) is 11.7. The number of hydrogen-bond donors (Lipinski definition) is 1. The maximum atomic E-state index is 6.13. The van der Waals surface area contributed by atoms with E-state index in [0.29, 0.717) is 16.8 Å². The highest BCUT2D eigenvalue weighted by atomic mass is 35.5. The fourth-order valence-corrected chi connectivity index (χ4v) is 2.96. The lowest BCUT2D eigenvalue weighted by atomic mass is 10.1. The second kappa shape index (κ2) is 7.82. The van der Waals surface area contributed by atoms with Gasteiger partial charge in [0.25, 0.3) is 0 Å². The number of nitrogens with one attached hydrogen (secondary N) is 1. The quantitative estimate of drug-likeness (QED) is 0.801. The van der Waals surface area contributed by atoms with Gasteiger partial charge in [0.1, 0.15) is 11.5 Å². The van der Waals surface area contributed by atoms with Gasteiger partial charge in [-0.05, 0) is 55.8 Å². The van der Waals surface area contributed by atoms with Crippen LogP contribution in [-0.4, -0.2) is 39.0 Å². The van der Waals surface area contributed by atoms with Crippen molar-refractivity contribution in [1.29, 1.82) is 0 Å². The van der Waals surface area contributed by atoms with E-state index in [9.17, 15) is 0 Å². The van der Waals surface area contributed by atoms with E-state index in [4.69, 9.17) is 29.1 Å². The molecule has 0 unspecified atom stereocenters. The third-order valence-electron chi connectivity index (χ3n) is 4.18. The van der Waals surface area contributed by atoms with Gasteiger partial charge in [0, 0.05) is 23.7 Å². The number of benzene rings is 2. The first-order valence-electron chi connectivity index (χ1n) is 8.02. The summed E-state index contributed by atoms with van der Waals surface area (Å²) in [5, 5.41) is 4.06. The lowest BCUT2D eigenvalue weighted by molar-refractivity contribution is 0.413. The molecule has 1 fully saturated rings. The zero-order valence-electron chi connectivity index (χ0n) is 13.7. The van der Waals surface area contributed by atoms with Crippen LogP contribution in [0.3, 0.4) is 0 Å². The smallest absolute Gasteiger partial charge is 0.182 e. The Labute approximate surface area is 149 Å². The lowest BCUT2D eigenvalue weighted by Crippen LogP contribution is -2.32. The average molecular weight is 343 g/mol. The van der Waals surface area contributed by atoms with Crippen LogP contribution in [0, 0.1) is 0 Å². The van der Waals surface area contributed by atoms with Crippen LogP contribution >= 0.6 is 11.6 Å². The molecule has 1 aliphatic rings. The van der Waals surface area contributed by atoms with Gasteiger partial charge in [-0.3, -0.25) is 0 Å². The maximum absolute atomic E-state index is 6.13. The van der Waals surface area contributed by atoms with Crippen molar-refractivity contribution in [2.24, 2.45) is 0 Å². The van der Waals surface area contributed by atoms with Crippen LogP contribution in [0.2, 0.25) is 5.02 Å². The van der Waals surface area contributed by atoms with Crippen LogP contribution in [0.5, 0.6) is 17.2 Å². The molecule has 0 bridgehead atoms. The fourth-order valence-electron chi connectivity index (χ4n) is 2.80. The van der Waals surface area contributed by atoms with Gasteiger partial charge in [0.2, 0.25) is 0 Å². The number of rotatable bonds is 6. The molecule has 2 radical (unpaired) electrons. The second-order valence-corrected chi connectivity index (χ2v) is 6.27. The van der Waals surface area contributed by atoms with E-state index in [1.807, 2.05) is 47.3 Å². The van der Waals surface area contributed by atoms with Crippen molar-refractivity contribution in [2.45, 2.75) is 18.9 Å². The molecule has 0 saturated carbocycles. The molecule has 1 saturated heterocycles. The molecule has 0 aliphatic carbocycles. The lowest BCUT2D eigenvalue weighted by Gasteiger charge is -2.22. The third-order valence-corrected chi connectivity index (χ3v) is 4.42. The van der Waals surface area contributed by atoms with Crippen molar-refractivity contribution in [3.8, 4) is 17.2 Å². The second-order valence-electron chi connectivity index (χ2n) is 5.83. The number of hydrogen-bond acceptors (Lipinski definition) is 4. The van der Waals surface area contributed by atoms with Crippen LogP contribution in [-0.2, 0) is 0 Å². The Kier molecular flexibility index (Phi) is 5.54. The highest BCUT2D eigenvalue weighted by Crippen LogP contribution is 2.33. The molecule has 3 rings (SSSR count). The molecule has 0 amide bonds. The minimum Gasteiger partial charge on any atom is -0.497 e. The van der Waals surface area contributed by atoms with E-state index in [1.54, 1.807) is 7.11 Å². The van der Waals surface area contributed by atoms with Crippen LogP contribution in [0.25, 0.3) is 0 Å². The molecular formula is C18H20BClN2O2. The minimum absolute atomic E-state index is 0.342. The molecule has 2 aromatic rings. The van der Waals surface area contributed by atoms with Gasteiger partial charge in [0.05, 0.1) is 12.8 Å². The monoisotopic (exact) mass is 342 g/mol. The number of halogens is 1. The third kappa shape index (κ3) is 4.16. The van der Waals surface area contributed by atoms with Crippen LogP contribution < -0.4 is 14.8 Å². The highest BCUT2D eigenvalue weighted by Gasteiger charge is 2.20. The summed E-state index contributed by atoms with van der Waals surface area (Å²) >= 11 is 6.13. The summed E-state index contributed by atoms with van der Waals surface area (Å²) in [7, 11) is 7.62. The molecule has 0 aromatic heterocycles. The first kappa shape index (κ1) is 17.0. The molecule has 0 spiro atoms. The Bertz CT molecular complexity index is 681. The maximum Gasteiger partial charge on any atom is 0.182 e. The molecular weight excluding hydrogens is 322 g/mol. The van der Waals surface area contributed by atoms with E-state index in [-0.39, 0.29) is 0 Å². The van der Waals surface area contributed by atoms with Gasteiger partial charge in [-0.2, -0.15) is 0 Å². The fraction of sp³-hybridized carbons (Fsp3) is 0.333. The minimum atomic E-state index is 0.342. The Morgan fingerprint density at radius 3 is 2.62 bits per heavy atom. The van der Waals surface area contributed by atoms with E-state index >= 15 is 0 Å². The predicted octanol–water partition coefficient (Wildman–Crippen LogP) is 4.10. The van der Waals surface area contributed by atoms with Gasteiger partial charge in [0.15, 0.2) is 13.7 Å². The summed E-state index contributed by atoms with van der Waals surface area (Å²) in [6, 6.07) is 13.4. The van der Waals surface area contributed by atoms with Crippen LogP contribution in [0.1, 0.15) is 12.8 Å². The SMILES string of the molecule is [B]N1CCC[C@H]1CNc1ccc(Cl)cc1Oc1ccc(OC)cc1. The zero-order chi connectivity index (χ0) is 16.9. The van der Waals surface area contributed by atoms with Gasteiger partial charge in [-0.25, -0.2) is 0 Å². The number of ether oxygens (including phenoxy) is 2. The van der Waals surface area contributed by atoms with Crippen molar-refractivity contribution in [3.63, 3.8) is 0 Å². The Morgan fingerprint density at radius 2 is 1.96 bits per heavy atom. The molecule has 1 heterocycles. The molecule has 24 heavy (non-hydrogen) atoms. The summed E-state index contributed by atoms with van der Waals surface area (Å²) in [6.45, 7) is 1.72. The first-order valence-corrected chi connectivity index (χ1v) is 8.40. The normalized spacial score (nSPS) is 17.7. The Hall–Kier alpha value is -1.85. The standard InChI is InChI=1S/C18H20BClN2O2/c1-23-15-5-7-16(8-6-15)24-18-11-13(20)4-9-17(18)21-12-14-3-2-10-22(14)19/h4-9,11,14,21H,2-3,10,12H2,1H3/t14-/m0/s1. The van der Waals surface area contributed by atoms with Crippen molar-refractivity contribution in [3.05, 3.63) is 47.5 Å². The summed E-state index contributed by atoms with van der Waals surface area (Å²) in [5.74, 6) is 2.20. The zero-order valence-corrected chi connectivity index (χ0v) is 14.4. The largest absolute Gasteiger partial charge is 0.497 e. The number of nitrogens with zero attached hydrogens (tertiary/aromatic N) is 1. The van der Waals surface area contributed by atoms with Gasteiger partial charge in [-0.1, -0.05) is 11.6 Å². The molecule has 1 N–H and O–H groups in total. The van der Waals surface area contributed by atoms with Gasteiger partial charge >= 0.3 is 0 Å². The van der Waals surface area contributed by atoms with Gasteiger partial charge < -0.3 is 19.6 Å². The topological polar surface area (TPSA) is 33.7 Å². The van der Waals surface area contributed by atoms with Crippen LogP contribution in [0.15, 0.2) is 42.5 Å². The molecule has 1 atom stereocenters. The Balaban J connectivity index is 1.72. The Morgan fingerprint density at radius 1 is 1.21 bits per heavy atom. The highest BCUT2D eigenvalue weighted by molar-refractivity contribution is 6.30. The summed E-state index contributed by atoms with van der Waals surface area (Å²) < 4.78 is 11.1. The van der Waals surface area contributed by atoms with Crippen LogP contribution in [0.4, 0.5) is 5.69 Å². The molecule has 2 aromatic carbocycles. The van der Waals surface area contributed by atoms with Crippen molar-refractivity contribution >= 4 is 25.3 Å². The summed E-state index contributed by atoms with van der Waals surface area (Å²) in [5.41, 5.74) is 0.899. The van der Waals surface area contributed by atoms with E-state index in [0.717, 1.165) is 43.1 Å². The molecule has 6 heteroatoms. The summed E-state index contributed by atoms with van der Waals surface area (Å²) in [6.07, 6.45) is 2.24. The molecule has 4 nitrogen and oxygen atoms in total. The number of methoxy groups -OCH3 is 1. The predicted molar refractivity (Wildman–Crippen MR) is 98.5 cm³/mol. The summed E-state index contributed by atoms with van der Waals surface area (Å²) in [4.78, 5) is 1.90. The average Bonchev–Trinajstić information content (AvgIpc) is 3.00. The molecule has 1 aliphatic heterocycles. The van der Waals surface area contributed by atoms with Crippen molar-refractivity contribution in [1.82, 2.24) is 4.81 Å². The van der Waals surface area contributed by atoms with Gasteiger partial charge in [-0.15, -0.1) is 0 Å². The van der Waals surface area contributed by atoms with E-state index in [2.05, 4.69) is 5.32 Å². The van der Waals surface area contributed by atoms with Crippen molar-refractivity contribution in [2.75, 3.05) is 25.5 Å². The van der Waals surface area contributed by atoms with Crippen molar-refractivity contribution < 1.29 is 9.47 Å². The molecule has 124 valence electrons. The number of anilines is 1.